The molecular formula is C22H28N4O3S. The number of amides is 1. The molecule has 0 unspecified atom stereocenters. The number of aromatic nitrogens is 1. The van der Waals surface area contributed by atoms with Crippen LogP contribution in [0.1, 0.15) is 48.0 Å². The standard InChI is InChI=1S/C22H28N4O3S/c27-22(19-5-4-6-20(13-19)30(28,29)25-16-17-7-8-17)24-15-18-9-10-21(23-14-18)26-11-2-1-3-12-26/h4-6,9-10,13-14,17,25H,1-3,7-8,11-12,15-16H2,(H,24,27). The van der Waals surface area contributed by atoms with Gasteiger partial charge in [-0.1, -0.05) is 12.1 Å². The molecule has 1 saturated heterocycles. The van der Waals surface area contributed by atoms with Gasteiger partial charge in [0.1, 0.15) is 5.82 Å². The molecular weight excluding hydrogens is 400 g/mol. The van der Waals surface area contributed by atoms with E-state index in [1.165, 1.54) is 31.4 Å². The van der Waals surface area contributed by atoms with Gasteiger partial charge in [0.25, 0.3) is 5.91 Å². The lowest BCUT2D eigenvalue weighted by Crippen LogP contribution is -2.30. The second-order valence-corrected chi connectivity index (χ2v) is 9.85. The van der Waals surface area contributed by atoms with Crippen LogP contribution in [0.4, 0.5) is 5.82 Å². The van der Waals surface area contributed by atoms with Crippen LogP contribution >= 0.6 is 0 Å². The number of pyridine rings is 1. The van der Waals surface area contributed by atoms with Crippen LogP contribution in [-0.4, -0.2) is 38.9 Å². The van der Waals surface area contributed by atoms with E-state index in [9.17, 15) is 13.2 Å². The average Bonchev–Trinajstić information content (AvgIpc) is 3.62. The van der Waals surface area contributed by atoms with Crippen LogP contribution in [-0.2, 0) is 16.6 Å². The number of piperidine rings is 1. The molecule has 2 fully saturated rings. The van der Waals surface area contributed by atoms with Crippen LogP contribution < -0.4 is 14.9 Å². The Bertz CT molecular complexity index is 982. The van der Waals surface area contributed by atoms with Crippen LogP contribution in [0.15, 0.2) is 47.5 Å². The molecule has 0 spiro atoms. The third-order valence-corrected chi connectivity index (χ3v) is 7.03. The Labute approximate surface area is 177 Å². The van der Waals surface area contributed by atoms with Crippen molar-refractivity contribution in [1.29, 1.82) is 0 Å². The number of carbonyl (C=O) groups is 1. The number of carbonyl (C=O) groups excluding carboxylic acids is 1. The predicted molar refractivity (Wildman–Crippen MR) is 116 cm³/mol. The fourth-order valence-electron chi connectivity index (χ4n) is 3.55. The van der Waals surface area contributed by atoms with Gasteiger partial charge in [-0.25, -0.2) is 18.1 Å². The molecule has 2 N–H and O–H groups in total. The van der Waals surface area contributed by atoms with E-state index in [0.717, 1.165) is 37.3 Å². The number of benzene rings is 1. The van der Waals surface area contributed by atoms with E-state index >= 15 is 0 Å². The van der Waals surface area contributed by atoms with Crippen LogP contribution in [0.3, 0.4) is 0 Å². The maximum Gasteiger partial charge on any atom is 0.251 e. The molecule has 0 radical (unpaired) electrons. The van der Waals surface area contributed by atoms with Gasteiger partial charge in [-0.2, -0.15) is 0 Å². The van der Waals surface area contributed by atoms with Crippen molar-refractivity contribution in [3.8, 4) is 0 Å². The third-order valence-electron chi connectivity index (χ3n) is 5.61. The first-order chi connectivity index (χ1) is 14.5. The van der Waals surface area contributed by atoms with Crippen molar-refractivity contribution in [1.82, 2.24) is 15.0 Å². The molecule has 8 heteroatoms. The van der Waals surface area contributed by atoms with Gasteiger partial charge in [0.2, 0.25) is 10.0 Å². The Morgan fingerprint density at radius 2 is 1.90 bits per heavy atom. The molecule has 2 aromatic rings. The Morgan fingerprint density at radius 3 is 2.60 bits per heavy atom. The van der Waals surface area contributed by atoms with Crippen molar-refractivity contribution >= 4 is 21.7 Å². The second-order valence-electron chi connectivity index (χ2n) is 8.08. The van der Waals surface area contributed by atoms with Crippen molar-refractivity contribution in [2.75, 3.05) is 24.5 Å². The molecule has 160 valence electrons. The minimum Gasteiger partial charge on any atom is -0.357 e. The highest BCUT2D eigenvalue weighted by molar-refractivity contribution is 7.89. The van der Waals surface area contributed by atoms with Crippen molar-refractivity contribution in [3.05, 3.63) is 53.7 Å². The van der Waals surface area contributed by atoms with Gasteiger partial charge in [0.05, 0.1) is 4.90 Å². The first-order valence-corrected chi connectivity index (χ1v) is 12.1. The van der Waals surface area contributed by atoms with E-state index in [4.69, 9.17) is 0 Å². The molecule has 1 saturated carbocycles. The molecule has 0 bridgehead atoms. The van der Waals surface area contributed by atoms with Crippen LogP contribution in [0.25, 0.3) is 0 Å². The third kappa shape index (κ3) is 5.37. The average molecular weight is 429 g/mol. The number of hydrogen-bond donors (Lipinski definition) is 2. The fraction of sp³-hybridized carbons (Fsp3) is 0.455. The van der Waals surface area contributed by atoms with Gasteiger partial charge in [0, 0.05) is 37.9 Å². The molecule has 0 atom stereocenters. The van der Waals surface area contributed by atoms with E-state index in [1.807, 2.05) is 12.1 Å². The fourth-order valence-corrected chi connectivity index (χ4v) is 4.71. The number of anilines is 1. The molecule has 1 amide bonds. The molecule has 1 aromatic heterocycles. The summed E-state index contributed by atoms with van der Waals surface area (Å²) in [4.78, 5) is 19.5. The number of sulfonamides is 1. The van der Waals surface area contributed by atoms with Gasteiger partial charge in [-0.15, -0.1) is 0 Å². The highest BCUT2D eigenvalue weighted by Crippen LogP contribution is 2.28. The van der Waals surface area contributed by atoms with Gasteiger partial charge < -0.3 is 10.2 Å². The lowest BCUT2D eigenvalue weighted by atomic mass is 10.1. The molecule has 2 aliphatic rings. The number of nitrogens with zero attached hydrogens (tertiary/aromatic N) is 2. The molecule has 7 nitrogen and oxygen atoms in total. The summed E-state index contributed by atoms with van der Waals surface area (Å²) in [6.45, 7) is 2.87. The van der Waals surface area contributed by atoms with E-state index in [-0.39, 0.29) is 10.8 Å². The Morgan fingerprint density at radius 1 is 1.10 bits per heavy atom. The van der Waals surface area contributed by atoms with Crippen molar-refractivity contribution in [2.45, 2.75) is 43.5 Å². The molecule has 1 aromatic carbocycles. The monoisotopic (exact) mass is 428 g/mol. The zero-order valence-corrected chi connectivity index (χ0v) is 17.8. The largest absolute Gasteiger partial charge is 0.357 e. The molecule has 1 aliphatic heterocycles. The van der Waals surface area contributed by atoms with Crippen LogP contribution in [0, 0.1) is 5.92 Å². The Hall–Kier alpha value is -2.45. The summed E-state index contributed by atoms with van der Waals surface area (Å²) >= 11 is 0. The highest BCUT2D eigenvalue weighted by Gasteiger charge is 2.24. The van der Waals surface area contributed by atoms with Crippen molar-refractivity contribution in [3.63, 3.8) is 0 Å². The zero-order valence-electron chi connectivity index (χ0n) is 17.0. The number of hydrogen-bond acceptors (Lipinski definition) is 5. The zero-order chi connectivity index (χ0) is 21.0. The van der Waals surface area contributed by atoms with Gasteiger partial charge in [-0.05, 0) is 67.9 Å². The summed E-state index contributed by atoms with van der Waals surface area (Å²) in [7, 11) is -3.60. The first kappa shape index (κ1) is 20.8. The Kier molecular flexibility index (Phi) is 6.34. The minimum atomic E-state index is -3.60. The molecule has 1 aliphatic carbocycles. The van der Waals surface area contributed by atoms with Crippen LogP contribution in [0.2, 0.25) is 0 Å². The molecule has 2 heterocycles. The minimum absolute atomic E-state index is 0.114. The molecule has 4 rings (SSSR count). The highest BCUT2D eigenvalue weighted by atomic mass is 32.2. The maximum atomic E-state index is 12.5. The van der Waals surface area contributed by atoms with E-state index in [2.05, 4.69) is 19.9 Å². The molecule has 30 heavy (non-hydrogen) atoms. The summed E-state index contributed by atoms with van der Waals surface area (Å²) in [6.07, 6.45) is 7.60. The van der Waals surface area contributed by atoms with Crippen molar-refractivity contribution < 1.29 is 13.2 Å². The van der Waals surface area contributed by atoms with Gasteiger partial charge >= 0.3 is 0 Å². The van der Waals surface area contributed by atoms with Gasteiger partial charge in [0.15, 0.2) is 0 Å². The lowest BCUT2D eigenvalue weighted by Gasteiger charge is -2.27. The topological polar surface area (TPSA) is 91.4 Å². The second kappa shape index (κ2) is 9.14. The maximum absolute atomic E-state index is 12.5. The summed E-state index contributed by atoms with van der Waals surface area (Å²) in [5, 5.41) is 2.85. The summed E-state index contributed by atoms with van der Waals surface area (Å²) in [5.74, 6) is 1.11. The summed E-state index contributed by atoms with van der Waals surface area (Å²) < 4.78 is 27.5. The van der Waals surface area contributed by atoms with E-state index in [0.29, 0.717) is 24.6 Å². The van der Waals surface area contributed by atoms with E-state index in [1.54, 1.807) is 18.3 Å². The van der Waals surface area contributed by atoms with Gasteiger partial charge in [-0.3, -0.25) is 4.79 Å². The normalized spacial score (nSPS) is 17.0. The first-order valence-electron chi connectivity index (χ1n) is 10.6. The van der Waals surface area contributed by atoms with E-state index < -0.39 is 10.0 Å². The van der Waals surface area contributed by atoms with Crippen molar-refractivity contribution in [2.24, 2.45) is 5.92 Å². The summed E-state index contributed by atoms with van der Waals surface area (Å²) in [6, 6.07) is 10.1. The predicted octanol–water partition coefficient (Wildman–Crippen LogP) is 2.69. The van der Waals surface area contributed by atoms with Crippen LogP contribution in [0.5, 0.6) is 0 Å². The number of nitrogens with one attached hydrogen (secondary N) is 2. The summed E-state index contributed by atoms with van der Waals surface area (Å²) in [5.41, 5.74) is 1.22. The quantitative estimate of drug-likeness (QED) is 0.675. The number of rotatable bonds is 8. The Balaban J connectivity index is 1.34. The SMILES string of the molecule is O=C(NCc1ccc(N2CCCCC2)nc1)c1cccc(S(=O)(=O)NCC2CC2)c1. The smallest absolute Gasteiger partial charge is 0.251 e. The lowest BCUT2D eigenvalue weighted by molar-refractivity contribution is 0.0950.